The van der Waals surface area contributed by atoms with Crippen molar-refractivity contribution in [2.75, 3.05) is 39.2 Å². The monoisotopic (exact) mass is 462 g/mol. The van der Waals surface area contributed by atoms with Gasteiger partial charge in [-0.15, -0.1) is 24.0 Å². The van der Waals surface area contributed by atoms with Gasteiger partial charge in [-0.1, -0.05) is 13.8 Å². The lowest BCUT2D eigenvalue weighted by Crippen LogP contribution is -2.40. The lowest BCUT2D eigenvalue weighted by molar-refractivity contribution is 0.198. The second-order valence-corrected chi connectivity index (χ2v) is 6.48. The highest BCUT2D eigenvalue weighted by atomic mass is 127. The molecule has 1 fully saturated rings. The molecular formula is C18H31IN4O2. The van der Waals surface area contributed by atoms with Crippen LogP contribution in [0.2, 0.25) is 0 Å². The molecular weight excluding hydrogens is 431 g/mol. The fourth-order valence-corrected chi connectivity index (χ4v) is 3.11. The quantitative estimate of drug-likeness (QED) is 0.370. The maximum Gasteiger partial charge on any atom is 0.193 e. The summed E-state index contributed by atoms with van der Waals surface area (Å²) in [6.07, 6.45) is 2.57. The Kier molecular flexibility index (Phi) is 9.34. The van der Waals surface area contributed by atoms with Crippen LogP contribution in [-0.2, 0) is 0 Å². The number of nitrogens with two attached hydrogens (primary N) is 1. The maximum absolute atomic E-state index is 6.06. The van der Waals surface area contributed by atoms with Gasteiger partial charge in [0.1, 0.15) is 0 Å². The van der Waals surface area contributed by atoms with Crippen LogP contribution in [0.25, 0.3) is 0 Å². The van der Waals surface area contributed by atoms with E-state index < -0.39 is 0 Å². The molecule has 1 unspecified atom stereocenters. The van der Waals surface area contributed by atoms with E-state index in [-0.39, 0.29) is 24.0 Å². The van der Waals surface area contributed by atoms with E-state index in [2.05, 4.69) is 29.1 Å². The number of guanidine groups is 1. The number of benzene rings is 1. The van der Waals surface area contributed by atoms with Crippen LogP contribution in [-0.4, -0.2) is 50.8 Å². The summed E-state index contributed by atoms with van der Waals surface area (Å²) in [6.45, 7) is 7.54. The largest absolute Gasteiger partial charge is 0.493 e. The smallest absolute Gasteiger partial charge is 0.193 e. The summed E-state index contributed by atoms with van der Waals surface area (Å²) in [5.41, 5.74) is 6.89. The lowest BCUT2D eigenvalue weighted by Gasteiger charge is -2.29. The van der Waals surface area contributed by atoms with Crippen LogP contribution < -0.4 is 20.5 Å². The van der Waals surface area contributed by atoms with Crippen LogP contribution in [0.3, 0.4) is 0 Å². The first kappa shape index (κ1) is 21.8. The van der Waals surface area contributed by atoms with E-state index >= 15 is 0 Å². The minimum absolute atomic E-state index is 0. The Morgan fingerprint density at radius 2 is 1.84 bits per heavy atom. The van der Waals surface area contributed by atoms with E-state index in [9.17, 15) is 0 Å². The molecule has 1 aromatic rings. The van der Waals surface area contributed by atoms with Crippen molar-refractivity contribution in [1.82, 2.24) is 4.90 Å². The van der Waals surface area contributed by atoms with E-state index in [4.69, 9.17) is 15.2 Å². The summed E-state index contributed by atoms with van der Waals surface area (Å²) >= 11 is 0. The molecule has 3 N–H and O–H groups in total. The second kappa shape index (κ2) is 10.7. The van der Waals surface area contributed by atoms with Crippen molar-refractivity contribution in [1.29, 1.82) is 0 Å². The Morgan fingerprint density at radius 3 is 2.40 bits per heavy atom. The number of methoxy groups -OCH3 is 2. The summed E-state index contributed by atoms with van der Waals surface area (Å²) < 4.78 is 10.5. The van der Waals surface area contributed by atoms with Crippen LogP contribution in [0.15, 0.2) is 23.2 Å². The SMILES string of the molecule is COc1ccc(NC(N)=NCC(C(C)C)N2CCCC2)cc1OC.I. The molecule has 25 heavy (non-hydrogen) atoms. The van der Waals surface area contributed by atoms with Crippen molar-refractivity contribution in [3.8, 4) is 11.5 Å². The molecule has 0 amide bonds. The van der Waals surface area contributed by atoms with Gasteiger partial charge in [0.05, 0.1) is 20.8 Å². The zero-order chi connectivity index (χ0) is 17.5. The standard InChI is InChI=1S/C18H30N4O2.HI/c1-13(2)15(22-9-5-6-10-22)12-20-18(19)21-14-7-8-16(23-3)17(11-14)24-4;/h7-8,11,13,15H,5-6,9-10,12H2,1-4H3,(H3,19,20,21);1H. The third kappa shape index (κ3) is 6.22. The van der Waals surface area contributed by atoms with Gasteiger partial charge in [-0.05, 0) is 44.0 Å². The van der Waals surface area contributed by atoms with Gasteiger partial charge in [-0.2, -0.15) is 0 Å². The molecule has 0 saturated carbocycles. The van der Waals surface area contributed by atoms with Crippen LogP contribution in [0.1, 0.15) is 26.7 Å². The van der Waals surface area contributed by atoms with E-state index in [1.165, 1.54) is 25.9 Å². The Morgan fingerprint density at radius 1 is 1.20 bits per heavy atom. The average Bonchev–Trinajstić information content (AvgIpc) is 3.08. The van der Waals surface area contributed by atoms with Gasteiger partial charge in [0, 0.05) is 17.8 Å². The number of aliphatic imine (C=N–C) groups is 1. The van der Waals surface area contributed by atoms with E-state index in [0.29, 0.717) is 36.0 Å². The van der Waals surface area contributed by atoms with Gasteiger partial charge < -0.3 is 20.5 Å². The first-order chi connectivity index (χ1) is 11.5. The molecule has 1 aliphatic rings. The molecule has 0 aliphatic carbocycles. The van der Waals surface area contributed by atoms with Gasteiger partial charge in [0.25, 0.3) is 0 Å². The fraction of sp³-hybridized carbons (Fsp3) is 0.611. The minimum atomic E-state index is 0. The Bertz CT molecular complexity index is 560. The van der Waals surface area contributed by atoms with Crippen molar-refractivity contribution in [2.24, 2.45) is 16.6 Å². The Balaban J connectivity index is 0.00000312. The summed E-state index contributed by atoms with van der Waals surface area (Å²) in [4.78, 5) is 7.08. The molecule has 0 aromatic heterocycles. The van der Waals surface area contributed by atoms with Crippen molar-refractivity contribution in [2.45, 2.75) is 32.7 Å². The molecule has 142 valence electrons. The molecule has 1 heterocycles. The predicted octanol–water partition coefficient (Wildman–Crippen LogP) is 3.17. The predicted molar refractivity (Wildman–Crippen MR) is 115 cm³/mol. The van der Waals surface area contributed by atoms with Crippen LogP contribution >= 0.6 is 24.0 Å². The zero-order valence-corrected chi connectivity index (χ0v) is 17.9. The van der Waals surface area contributed by atoms with Crippen molar-refractivity contribution < 1.29 is 9.47 Å². The normalized spacial score (nSPS) is 16.4. The van der Waals surface area contributed by atoms with Gasteiger partial charge in [0.15, 0.2) is 17.5 Å². The molecule has 6 nitrogen and oxygen atoms in total. The van der Waals surface area contributed by atoms with Crippen LogP contribution in [0.4, 0.5) is 5.69 Å². The number of halogens is 1. The summed E-state index contributed by atoms with van der Waals surface area (Å²) in [5.74, 6) is 2.33. The number of anilines is 1. The second-order valence-electron chi connectivity index (χ2n) is 6.48. The molecule has 0 radical (unpaired) electrons. The molecule has 1 atom stereocenters. The number of nitrogens with zero attached hydrogens (tertiary/aromatic N) is 2. The highest BCUT2D eigenvalue weighted by Crippen LogP contribution is 2.29. The molecule has 7 heteroatoms. The van der Waals surface area contributed by atoms with Gasteiger partial charge in [0.2, 0.25) is 0 Å². The zero-order valence-electron chi connectivity index (χ0n) is 15.6. The summed E-state index contributed by atoms with van der Waals surface area (Å²) in [6, 6.07) is 6.03. The maximum atomic E-state index is 6.06. The molecule has 1 saturated heterocycles. The van der Waals surface area contributed by atoms with E-state index in [1.54, 1.807) is 14.2 Å². The third-order valence-electron chi connectivity index (χ3n) is 4.48. The van der Waals surface area contributed by atoms with E-state index in [0.717, 1.165) is 5.69 Å². The summed E-state index contributed by atoms with van der Waals surface area (Å²) in [7, 11) is 3.23. The number of rotatable bonds is 7. The third-order valence-corrected chi connectivity index (χ3v) is 4.48. The molecule has 0 spiro atoms. The number of hydrogen-bond donors (Lipinski definition) is 2. The van der Waals surface area contributed by atoms with Crippen molar-refractivity contribution in [3.63, 3.8) is 0 Å². The summed E-state index contributed by atoms with van der Waals surface area (Å²) in [5, 5.41) is 3.13. The van der Waals surface area contributed by atoms with Crippen molar-refractivity contribution >= 4 is 35.6 Å². The minimum Gasteiger partial charge on any atom is -0.493 e. The van der Waals surface area contributed by atoms with Crippen LogP contribution in [0.5, 0.6) is 11.5 Å². The Hall–Kier alpha value is -1.22. The molecule has 0 bridgehead atoms. The van der Waals surface area contributed by atoms with Gasteiger partial charge in [-0.3, -0.25) is 9.89 Å². The van der Waals surface area contributed by atoms with Gasteiger partial charge >= 0.3 is 0 Å². The van der Waals surface area contributed by atoms with Crippen LogP contribution in [0, 0.1) is 5.92 Å². The molecule has 1 aliphatic heterocycles. The highest BCUT2D eigenvalue weighted by molar-refractivity contribution is 14.0. The number of likely N-dealkylation sites (tertiary alicyclic amines) is 1. The topological polar surface area (TPSA) is 72.1 Å². The highest BCUT2D eigenvalue weighted by Gasteiger charge is 2.24. The first-order valence-corrected chi connectivity index (χ1v) is 8.58. The molecule has 2 rings (SSSR count). The fourth-order valence-electron chi connectivity index (χ4n) is 3.11. The van der Waals surface area contributed by atoms with Gasteiger partial charge in [-0.25, -0.2) is 0 Å². The Labute approximate surface area is 168 Å². The van der Waals surface area contributed by atoms with E-state index in [1.807, 2.05) is 18.2 Å². The number of nitrogens with one attached hydrogen (secondary N) is 1. The van der Waals surface area contributed by atoms with Crippen molar-refractivity contribution in [3.05, 3.63) is 18.2 Å². The first-order valence-electron chi connectivity index (χ1n) is 8.58. The average molecular weight is 462 g/mol. The number of ether oxygens (including phenoxy) is 2. The molecule has 1 aromatic carbocycles. The lowest BCUT2D eigenvalue weighted by atomic mass is 10.0. The number of hydrogen-bond acceptors (Lipinski definition) is 4.